The number of hydrogen-bond acceptors (Lipinski definition) is 6. The number of carbonyl (C=O) groups is 1. The molecule has 1 N–H and O–H groups in total. The number of carbonyl (C=O) groups excluding carboxylic acids is 1. The Balaban J connectivity index is 1.81. The van der Waals surface area contributed by atoms with Crippen molar-refractivity contribution in [2.45, 2.75) is 11.8 Å². The highest BCUT2D eigenvalue weighted by atomic mass is 32.2. The molecular formula is C24H25N3O5S. The van der Waals surface area contributed by atoms with Gasteiger partial charge in [-0.1, -0.05) is 30.3 Å². The molecule has 0 unspecified atom stereocenters. The lowest BCUT2D eigenvalue weighted by Gasteiger charge is -2.23. The van der Waals surface area contributed by atoms with Gasteiger partial charge in [0.15, 0.2) is 0 Å². The van der Waals surface area contributed by atoms with Crippen LogP contribution in [-0.4, -0.2) is 41.3 Å². The van der Waals surface area contributed by atoms with Gasteiger partial charge in [0, 0.05) is 0 Å². The predicted molar refractivity (Wildman–Crippen MR) is 127 cm³/mol. The third-order valence-electron chi connectivity index (χ3n) is 4.81. The normalized spacial score (nSPS) is 11.2. The van der Waals surface area contributed by atoms with Crippen LogP contribution in [0.2, 0.25) is 0 Å². The van der Waals surface area contributed by atoms with Crippen molar-refractivity contribution in [3.05, 3.63) is 83.9 Å². The molecule has 0 aromatic heterocycles. The smallest absolute Gasteiger partial charge is 0.264 e. The lowest BCUT2D eigenvalue weighted by atomic mass is 10.1. The van der Waals surface area contributed by atoms with Gasteiger partial charge in [-0.2, -0.15) is 5.10 Å². The number of methoxy groups -OCH3 is 2. The number of benzene rings is 3. The first-order valence-electron chi connectivity index (χ1n) is 10.0. The van der Waals surface area contributed by atoms with Crippen molar-refractivity contribution >= 4 is 27.8 Å². The number of nitrogens with zero attached hydrogens (tertiary/aromatic N) is 2. The molecular weight excluding hydrogens is 442 g/mol. The van der Waals surface area contributed by atoms with Crippen molar-refractivity contribution in [1.82, 2.24) is 5.43 Å². The fourth-order valence-electron chi connectivity index (χ4n) is 3.04. The molecule has 0 fully saturated rings. The SMILES string of the molecule is COc1ccc(N(CC(=O)NN=Cc2ccc(C)c(OC)c2)S(=O)(=O)c2ccccc2)cc1. The van der Waals surface area contributed by atoms with Gasteiger partial charge in [-0.15, -0.1) is 0 Å². The van der Waals surface area contributed by atoms with E-state index in [0.717, 1.165) is 15.4 Å². The van der Waals surface area contributed by atoms with E-state index in [0.29, 0.717) is 17.2 Å². The quantitative estimate of drug-likeness (QED) is 0.384. The van der Waals surface area contributed by atoms with Gasteiger partial charge in [-0.3, -0.25) is 9.10 Å². The van der Waals surface area contributed by atoms with E-state index in [4.69, 9.17) is 9.47 Å². The summed E-state index contributed by atoms with van der Waals surface area (Å²) < 4.78 is 38.0. The Morgan fingerprint density at radius 3 is 2.33 bits per heavy atom. The van der Waals surface area contributed by atoms with Crippen LogP contribution in [0.15, 0.2) is 82.8 Å². The predicted octanol–water partition coefficient (Wildman–Crippen LogP) is 3.36. The fourth-order valence-corrected chi connectivity index (χ4v) is 4.49. The molecule has 8 nitrogen and oxygen atoms in total. The molecule has 9 heteroatoms. The Hall–Kier alpha value is -3.85. The highest BCUT2D eigenvalue weighted by molar-refractivity contribution is 7.92. The molecule has 0 radical (unpaired) electrons. The third-order valence-corrected chi connectivity index (χ3v) is 6.60. The summed E-state index contributed by atoms with van der Waals surface area (Å²) >= 11 is 0. The lowest BCUT2D eigenvalue weighted by molar-refractivity contribution is -0.119. The number of hydrogen-bond donors (Lipinski definition) is 1. The summed E-state index contributed by atoms with van der Waals surface area (Å²) in [6.45, 7) is 1.46. The van der Waals surface area contributed by atoms with Gasteiger partial charge >= 0.3 is 0 Å². The van der Waals surface area contributed by atoms with Crippen molar-refractivity contribution in [3.63, 3.8) is 0 Å². The van der Waals surface area contributed by atoms with Gasteiger partial charge in [0.2, 0.25) is 0 Å². The van der Waals surface area contributed by atoms with Crippen molar-refractivity contribution in [3.8, 4) is 11.5 Å². The number of sulfonamides is 1. The van der Waals surface area contributed by atoms with Gasteiger partial charge in [0.25, 0.3) is 15.9 Å². The van der Waals surface area contributed by atoms with E-state index in [2.05, 4.69) is 10.5 Å². The van der Waals surface area contributed by atoms with E-state index < -0.39 is 22.5 Å². The number of amides is 1. The van der Waals surface area contributed by atoms with Crippen LogP contribution >= 0.6 is 0 Å². The van der Waals surface area contributed by atoms with E-state index in [1.807, 2.05) is 19.1 Å². The highest BCUT2D eigenvalue weighted by Gasteiger charge is 2.27. The van der Waals surface area contributed by atoms with E-state index in [9.17, 15) is 13.2 Å². The maximum absolute atomic E-state index is 13.3. The van der Waals surface area contributed by atoms with Gasteiger partial charge in [0.1, 0.15) is 18.0 Å². The minimum Gasteiger partial charge on any atom is -0.497 e. The molecule has 0 aliphatic rings. The zero-order chi connectivity index (χ0) is 23.8. The zero-order valence-electron chi connectivity index (χ0n) is 18.6. The number of rotatable bonds is 9. The second-order valence-corrected chi connectivity index (χ2v) is 8.91. The van der Waals surface area contributed by atoms with Crippen LogP contribution in [-0.2, 0) is 14.8 Å². The molecule has 172 valence electrons. The molecule has 33 heavy (non-hydrogen) atoms. The maximum atomic E-state index is 13.3. The van der Waals surface area contributed by atoms with Crippen LogP contribution in [0, 0.1) is 6.92 Å². The molecule has 3 aromatic carbocycles. The molecule has 0 saturated heterocycles. The maximum Gasteiger partial charge on any atom is 0.264 e. The Morgan fingerprint density at radius 1 is 1.00 bits per heavy atom. The van der Waals surface area contributed by atoms with Crippen LogP contribution in [0.3, 0.4) is 0 Å². The second kappa shape index (κ2) is 10.6. The van der Waals surface area contributed by atoms with Gasteiger partial charge in [-0.25, -0.2) is 13.8 Å². The Bertz CT molecular complexity index is 1230. The monoisotopic (exact) mass is 467 g/mol. The van der Waals surface area contributed by atoms with Crippen LogP contribution in [0.5, 0.6) is 11.5 Å². The van der Waals surface area contributed by atoms with E-state index in [-0.39, 0.29) is 4.90 Å². The lowest BCUT2D eigenvalue weighted by Crippen LogP contribution is -2.39. The third kappa shape index (κ3) is 5.89. The molecule has 3 rings (SSSR count). The largest absolute Gasteiger partial charge is 0.497 e. The Labute approximate surface area is 193 Å². The number of nitrogens with one attached hydrogen (secondary N) is 1. The molecule has 0 aliphatic carbocycles. The minimum absolute atomic E-state index is 0.0730. The van der Waals surface area contributed by atoms with Crippen LogP contribution in [0.1, 0.15) is 11.1 Å². The average molecular weight is 468 g/mol. The first kappa shape index (κ1) is 23.8. The Morgan fingerprint density at radius 2 is 1.70 bits per heavy atom. The number of hydrazone groups is 1. The standard InChI is InChI=1S/C24H25N3O5S/c1-18-9-10-19(15-23(18)32-3)16-25-26-24(28)17-27(20-11-13-21(31-2)14-12-20)33(29,30)22-7-5-4-6-8-22/h4-16H,17H2,1-3H3,(H,26,28). The van der Waals surface area contributed by atoms with Crippen LogP contribution < -0.4 is 19.2 Å². The van der Waals surface area contributed by atoms with E-state index in [1.54, 1.807) is 55.6 Å². The topological polar surface area (TPSA) is 97.3 Å². The molecule has 0 atom stereocenters. The first-order chi connectivity index (χ1) is 15.8. The van der Waals surface area contributed by atoms with Crippen molar-refractivity contribution in [1.29, 1.82) is 0 Å². The fraction of sp³-hybridized carbons (Fsp3) is 0.167. The molecule has 0 saturated carbocycles. The van der Waals surface area contributed by atoms with Crippen LogP contribution in [0.4, 0.5) is 5.69 Å². The molecule has 0 spiro atoms. The van der Waals surface area contributed by atoms with Gasteiger partial charge < -0.3 is 9.47 Å². The van der Waals surface area contributed by atoms with Crippen molar-refractivity contribution in [2.24, 2.45) is 5.10 Å². The van der Waals surface area contributed by atoms with E-state index >= 15 is 0 Å². The highest BCUT2D eigenvalue weighted by Crippen LogP contribution is 2.25. The molecule has 1 amide bonds. The van der Waals surface area contributed by atoms with Crippen molar-refractivity contribution in [2.75, 3.05) is 25.1 Å². The summed E-state index contributed by atoms with van der Waals surface area (Å²) in [5.74, 6) is 0.670. The summed E-state index contributed by atoms with van der Waals surface area (Å²) in [5.41, 5.74) is 4.41. The molecule has 0 heterocycles. The average Bonchev–Trinajstić information content (AvgIpc) is 2.84. The summed E-state index contributed by atoms with van der Waals surface area (Å²) in [6.07, 6.45) is 1.46. The molecule has 0 aliphatic heterocycles. The van der Waals surface area contributed by atoms with Crippen molar-refractivity contribution < 1.29 is 22.7 Å². The summed E-state index contributed by atoms with van der Waals surface area (Å²) in [5, 5.41) is 3.95. The van der Waals surface area contributed by atoms with Gasteiger partial charge in [0.05, 0.1) is 31.0 Å². The second-order valence-electron chi connectivity index (χ2n) is 7.04. The molecule has 0 bridgehead atoms. The minimum atomic E-state index is -4.00. The summed E-state index contributed by atoms with van der Waals surface area (Å²) in [4.78, 5) is 12.7. The summed E-state index contributed by atoms with van der Waals surface area (Å²) in [6, 6.07) is 19.8. The summed E-state index contributed by atoms with van der Waals surface area (Å²) in [7, 11) is -0.905. The van der Waals surface area contributed by atoms with Gasteiger partial charge in [-0.05, 0) is 60.5 Å². The molecule has 3 aromatic rings. The zero-order valence-corrected chi connectivity index (χ0v) is 19.4. The first-order valence-corrected chi connectivity index (χ1v) is 11.5. The number of aryl methyl sites for hydroxylation is 1. The van der Waals surface area contributed by atoms with E-state index in [1.165, 1.54) is 25.5 Å². The Kier molecular flexibility index (Phi) is 7.68. The number of anilines is 1. The van der Waals surface area contributed by atoms with Crippen LogP contribution in [0.25, 0.3) is 0 Å². The number of ether oxygens (including phenoxy) is 2.